The molecule has 2 N–H and O–H groups in total. The van der Waals surface area contributed by atoms with E-state index in [1.54, 1.807) is 0 Å². The number of carbonyl (C=O) groups is 1. The van der Waals surface area contributed by atoms with E-state index in [-0.39, 0.29) is 11.7 Å². The average molecular weight is 291 g/mol. The van der Waals surface area contributed by atoms with Crippen molar-refractivity contribution in [2.24, 2.45) is 5.92 Å². The Morgan fingerprint density at radius 2 is 1.90 bits per heavy atom. The molecule has 20 heavy (non-hydrogen) atoms. The molecule has 0 aliphatic carbocycles. The quantitative estimate of drug-likeness (QED) is 0.866. The van der Waals surface area contributed by atoms with Crippen LogP contribution in [0.3, 0.4) is 0 Å². The van der Waals surface area contributed by atoms with Crippen LogP contribution in [-0.4, -0.2) is 18.9 Å². The molecule has 0 radical (unpaired) electrons. The van der Waals surface area contributed by atoms with Gasteiger partial charge in [-0.25, -0.2) is 0 Å². The first-order valence-electron chi connectivity index (χ1n) is 7.17. The van der Waals surface area contributed by atoms with Gasteiger partial charge in [0.2, 0.25) is 0 Å². The van der Waals surface area contributed by atoms with E-state index in [4.69, 9.17) is 5.73 Å². The van der Waals surface area contributed by atoms with E-state index >= 15 is 0 Å². The number of nitrogens with zero attached hydrogens (tertiary/aromatic N) is 2. The molecule has 108 valence electrons. The highest BCUT2D eigenvalue weighted by molar-refractivity contribution is 7.19. The summed E-state index contributed by atoms with van der Waals surface area (Å²) in [5.41, 5.74) is 6.90. The molecule has 0 amide bonds. The number of hydrogen-bond donors (Lipinski definition) is 1. The Morgan fingerprint density at radius 1 is 1.30 bits per heavy atom. The van der Waals surface area contributed by atoms with Gasteiger partial charge < -0.3 is 10.6 Å². The Hall–Kier alpha value is -1.54. The number of Topliss-reactive ketones (excluding diaryl/α,β-unsaturated/α-hetero) is 1. The van der Waals surface area contributed by atoms with E-state index in [1.807, 2.05) is 13.8 Å². The van der Waals surface area contributed by atoms with Gasteiger partial charge in [0.15, 0.2) is 5.78 Å². The van der Waals surface area contributed by atoms with Gasteiger partial charge in [0.25, 0.3) is 0 Å². The van der Waals surface area contributed by atoms with Crippen molar-refractivity contribution in [3.63, 3.8) is 0 Å². The van der Waals surface area contributed by atoms with Crippen LogP contribution < -0.4 is 10.6 Å². The summed E-state index contributed by atoms with van der Waals surface area (Å²) in [6.07, 6.45) is 4.74. The maximum atomic E-state index is 12.2. The number of thiophene rings is 1. The highest BCUT2D eigenvalue weighted by Crippen LogP contribution is 2.39. The summed E-state index contributed by atoms with van der Waals surface area (Å²) < 4.78 is 0. The minimum Gasteiger partial charge on any atom is -0.396 e. The van der Waals surface area contributed by atoms with Crippen LogP contribution in [0.4, 0.5) is 10.7 Å². The molecule has 2 heterocycles. The number of carbonyl (C=O) groups excluding carboxylic acids is 1. The standard InChI is InChI=1S/C15H21N3OS/c1-10(2)13(19)14-12(17)11(9-16)15(20-14)18-7-5-3-4-6-8-18/h10H,3-8,17H2,1-2H3. The summed E-state index contributed by atoms with van der Waals surface area (Å²) in [5.74, 6) is -0.0652. The Balaban J connectivity index is 2.40. The van der Waals surface area contributed by atoms with Crippen molar-refractivity contribution in [2.75, 3.05) is 23.7 Å². The largest absolute Gasteiger partial charge is 0.396 e. The van der Waals surface area contributed by atoms with Crippen molar-refractivity contribution >= 4 is 27.8 Å². The molecule has 0 aromatic carbocycles. The van der Waals surface area contributed by atoms with Gasteiger partial charge in [-0.1, -0.05) is 26.7 Å². The Bertz CT molecular complexity index is 534. The maximum Gasteiger partial charge on any atom is 0.177 e. The van der Waals surface area contributed by atoms with Crippen LogP contribution in [0.25, 0.3) is 0 Å². The zero-order valence-corrected chi connectivity index (χ0v) is 12.9. The number of nitriles is 1. The molecular formula is C15H21N3OS. The van der Waals surface area contributed by atoms with Crippen LogP contribution in [0.2, 0.25) is 0 Å². The lowest BCUT2D eigenvalue weighted by Crippen LogP contribution is -2.23. The fourth-order valence-corrected chi connectivity index (χ4v) is 3.79. The van der Waals surface area contributed by atoms with E-state index in [1.165, 1.54) is 24.2 Å². The number of nitrogen functional groups attached to an aromatic ring is 1. The van der Waals surface area contributed by atoms with Gasteiger partial charge in [0, 0.05) is 19.0 Å². The first-order valence-corrected chi connectivity index (χ1v) is 7.99. The molecule has 1 saturated heterocycles. The molecule has 1 aromatic rings. The highest BCUT2D eigenvalue weighted by atomic mass is 32.1. The summed E-state index contributed by atoms with van der Waals surface area (Å²) >= 11 is 1.39. The number of ketones is 1. The predicted octanol–water partition coefficient (Wildman–Crippen LogP) is 3.42. The van der Waals surface area contributed by atoms with Gasteiger partial charge in [-0.3, -0.25) is 4.79 Å². The molecule has 1 aromatic heterocycles. The molecule has 1 aliphatic rings. The van der Waals surface area contributed by atoms with Gasteiger partial charge in [0.05, 0.1) is 10.6 Å². The lowest BCUT2D eigenvalue weighted by Gasteiger charge is -2.20. The van der Waals surface area contributed by atoms with Crippen LogP contribution in [0, 0.1) is 17.2 Å². The zero-order valence-electron chi connectivity index (χ0n) is 12.1. The fraction of sp³-hybridized carbons (Fsp3) is 0.600. The van der Waals surface area contributed by atoms with Gasteiger partial charge >= 0.3 is 0 Å². The lowest BCUT2D eigenvalue weighted by atomic mass is 10.1. The molecule has 2 rings (SSSR count). The van der Waals surface area contributed by atoms with Crippen molar-refractivity contribution in [1.29, 1.82) is 5.26 Å². The van der Waals surface area contributed by atoms with E-state index in [2.05, 4.69) is 11.0 Å². The first kappa shape index (κ1) is 14.9. The lowest BCUT2D eigenvalue weighted by molar-refractivity contribution is 0.0944. The number of anilines is 2. The average Bonchev–Trinajstić information content (AvgIpc) is 2.62. The van der Waals surface area contributed by atoms with Gasteiger partial charge in [-0.15, -0.1) is 11.3 Å². The second kappa shape index (κ2) is 6.27. The molecule has 4 nitrogen and oxygen atoms in total. The first-order chi connectivity index (χ1) is 9.56. The van der Waals surface area contributed by atoms with E-state index in [9.17, 15) is 10.1 Å². The van der Waals surface area contributed by atoms with Crippen LogP contribution >= 0.6 is 11.3 Å². The summed E-state index contributed by atoms with van der Waals surface area (Å²) in [6.45, 7) is 5.62. The monoisotopic (exact) mass is 291 g/mol. The molecule has 0 spiro atoms. The molecule has 0 saturated carbocycles. The smallest absolute Gasteiger partial charge is 0.177 e. The SMILES string of the molecule is CC(C)C(=O)c1sc(N2CCCCCC2)c(C#N)c1N. The highest BCUT2D eigenvalue weighted by Gasteiger charge is 2.25. The third-order valence-electron chi connectivity index (χ3n) is 3.68. The maximum absolute atomic E-state index is 12.2. The summed E-state index contributed by atoms with van der Waals surface area (Å²) in [5, 5.41) is 10.3. The summed E-state index contributed by atoms with van der Waals surface area (Å²) in [6, 6.07) is 2.19. The summed E-state index contributed by atoms with van der Waals surface area (Å²) in [4.78, 5) is 15.0. The molecule has 0 bridgehead atoms. The summed E-state index contributed by atoms with van der Waals surface area (Å²) in [7, 11) is 0. The predicted molar refractivity (Wildman–Crippen MR) is 83.3 cm³/mol. The van der Waals surface area contributed by atoms with Gasteiger partial charge in [0.1, 0.15) is 16.6 Å². The Morgan fingerprint density at radius 3 is 2.40 bits per heavy atom. The molecule has 0 unspecified atom stereocenters. The van der Waals surface area contributed by atoms with Crippen LogP contribution in [0.15, 0.2) is 0 Å². The molecular weight excluding hydrogens is 270 g/mol. The minimum atomic E-state index is -0.0977. The van der Waals surface area contributed by atoms with Gasteiger partial charge in [-0.2, -0.15) is 5.26 Å². The third-order valence-corrected chi connectivity index (χ3v) is 4.96. The van der Waals surface area contributed by atoms with Crippen LogP contribution in [0.5, 0.6) is 0 Å². The Labute approximate surface area is 124 Å². The van der Waals surface area contributed by atoms with E-state index in [0.29, 0.717) is 16.1 Å². The van der Waals surface area contributed by atoms with Crippen molar-refractivity contribution in [3.05, 3.63) is 10.4 Å². The second-order valence-electron chi connectivity index (χ2n) is 5.56. The molecule has 1 aliphatic heterocycles. The minimum absolute atomic E-state index is 0.0325. The van der Waals surface area contributed by atoms with Crippen molar-refractivity contribution in [3.8, 4) is 6.07 Å². The van der Waals surface area contributed by atoms with Gasteiger partial charge in [-0.05, 0) is 12.8 Å². The van der Waals surface area contributed by atoms with E-state index < -0.39 is 0 Å². The topological polar surface area (TPSA) is 70.1 Å². The number of nitrogens with two attached hydrogens (primary N) is 1. The normalized spacial score (nSPS) is 16.0. The van der Waals surface area contributed by atoms with Crippen molar-refractivity contribution < 1.29 is 4.79 Å². The Kier molecular flexibility index (Phi) is 4.66. The second-order valence-corrected chi connectivity index (χ2v) is 6.56. The third kappa shape index (κ3) is 2.80. The fourth-order valence-electron chi connectivity index (χ4n) is 2.48. The van der Waals surface area contributed by atoms with Crippen molar-refractivity contribution in [1.82, 2.24) is 0 Å². The zero-order chi connectivity index (χ0) is 14.7. The number of hydrogen-bond acceptors (Lipinski definition) is 5. The van der Waals surface area contributed by atoms with E-state index in [0.717, 1.165) is 30.9 Å². The molecule has 1 fully saturated rings. The number of rotatable bonds is 3. The van der Waals surface area contributed by atoms with Crippen LogP contribution in [-0.2, 0) is 0 Å². The van der Waals surface area contributed by atoms with Crippen molar-refractivity contribution in [2.45, 2.75) is 39.5 Å². The van der Waals surface area contributed by atoms with Crippen LogP contribution in [0.1, 0.15) is 54.8 Å². The molecule has 5 heteroatoms. The molecule has 0 atom stereocenters.